The fraction of sp³-hybridized carbons (Fsp3) is 0.318. The summed E-state index contributed by atoms with van der Waals surface area (Å²) in [6, 6.07) is 14.1. The lowest BCUT2D eigenvalue weighted by Gasteiger charge is -2.36. The number of nitrogens with zero attached hydrogens (tertiary/aromatic N) is 3. The normalized spacial score (nSPS) is 23.1. The highest BCUT2D eigenvalue weighted by atomic mass is 16.7. The number of benzene rings is 2. The number of fused-ring (bicyclic) bond motifs is 1. The molecule has 1 aliphatic heterocycles. The lowest BCUT2D eigenvalue weighted by molar-refractivity contribution is -0.221. The van der Waals surface area contributed by atoms with Crippen molar-refractivity contribution in [3.8, 4) is 0 Å². The molecule has 1 aliphatic rings. The summed E-state index contributed by atoms with van der Waals surface area (Å²) in [5, 5.41) is 6.39. The van der Waals surface area contributed by atoms with Crippen LogP contribution in [0.4, 0.5) is 0 Å². The van der Waals surface area contributed by atoms with Crippen molar-refractivity contribution in [2.75, 3.05) is 13.2 Å². The average Bonchev–Trinajstić information content (AvgIpc) is 3.27. The van der Waals surface area contributed by atoms with E-state index >= 15 is 0 Å². The van der Waals surface area contributed by atoms with Crippen molar-refractivity contribution in [2.45, 2.75) is 26.6 Å². The number of aromatic nitrogens is 3. The molecule has 0 N–H and O–H groups in total. The molecule has 0 aliphatic carbocycles. The van der Waals surface area contributed by atoms with Gasteiger partial charge in [-0.3, -0.25) is 4.79 Å². The summed E-state index contributed by atoms with van der Waals surface area (Å²) in [5.74, 6) is -0.0829. The van der Waals surface area contributed by atoms with E-state index in [0.29, 0.717) is 18.9 Å². The van der Waals surface area contributed by atoms with Crippen LogP contribution in [0.5, 0.6) is 0 Å². The van der Waals surface area contributed by atoms with E-state index in [1.54, 1.807) is 0 Å². The highest BCUT2D eigenvalue weighted by Crippen LogP contribution is 2.32. The molecule has 0 spiro atoms. The van der Waals surface area contributed by atoms with Crippen LogP contribution in [0.3, 0.4) is 0 Å². The van der Waals surface area contributed by atoms with Crippen molar-refractivity contribution in [3.63, 3.8) is 0 Å². The molecule has 0 saturated carbocycles. The summed E-state index contributed by atoms with van der Waals surface area (Å²) in [7, 11) is 0. The van der Waals surface area contributed by atoms with E-state index in [1.165, 1.54) is 17.3 Å². The zero-order chi connectivity index (χ0) is 19.6. The molecule has 1 saturated heterocycles. The number of hydrogen-bond acceptors (Lipinski definition) is 5. The quantitative estimate of drug-likeness (QED) is 0.633. The van der Waals surface area contributed by atoms with Crippen molar-refractivity contribution >= 4 is 28.3 Å². The third kappa shape index (κ3) is 3.48. The third-order valence-electron chi connectivity index (χ3n) is 5.07. The Bertz CT molecular complexity index is 998. The number of ether oxygens (including phenoxy) is 2. The van der Waals surface area contributed by atoms with Crippen LogP contribution >= 0.6 is 0 Å². The van der Waals surface area contributed by atoms with Crippen molar-refractivity contribution < 1.29 is 14.3 Å². The first-order valence-electron chi connectivity index (χ1n) is 9.43. The third-order valence-corrected chi connectivity index (χ3v) is 5.07. The second-order valence-corrected chi connectivity index (χ2v) is 7.29. The Morgan fingerprint density at radius 3 is 2.68 bits per heavy atom. The van der Waals surface area contributed by atoms with Crippen LogP contribution in [-0.2, 0) is 14.3 Å². The van der Waals surface area contributed by atoms with Crippen molar-refractivity contribution in [2.24, 2.45) is 5.41 Å². The zero-order valence-corrected chi connectivity index (χ0v) is 16.0. The molecular formula is C22H23N3O3. The predicted octanol–water partition coefficient (Wildman–Crippen LogP) is 3.79. The number of allylic oxidation sites excluding steroid dienone is 1. The van der Waals surface area contributed by atoms with Gasteiger partial charge in [0.2, 0.25) is 0 Å². The Morgan fingerprint density at radius 1 is 1.21 bits per heavy atom. The van der Waals surface area contributed by atoms with Gasteiger partial charge in [-0.2, -0.15) is 5.10 Å². The smallest absolute Gasteiger partial charge is 0.191 e. The standard InChI is InChI=1S/C22H23N3O3/c1-3-20-27-12-22(2,13-28-20)21(26)19(25-15-23-14-24-25)11-17-9-6-8-16-7-4-5-10-18(16)17/h4-11,14-15,20H,3,12-13H2,1-2H3. The summed E-state index contributed by atoms with van der Waals surface area (Å²) >= 11 is 0. The fourth-order valence-corrected chi connectivity index (χ4v) is 3.41. The number of carbonyl (C=O) groups excluding carboxylic acids is 1. The van der Waals surface area contributed by atoms with Gasteiger partial charge in [-0.15, -0.1) is 0 Å². The van der Waals surface area contributed by atoms with E-state index in [1.807, 2.05) is 50.3 Å². The van der Waals surface area contributed by atoms with Crippen LogP contribution in [0.25, 0.3) is 22.5 Å². The Balaban J connectivity index is 1.76. The van der Waals surface area contributed by atoms with Gasteiger partial charge < -0.3 is 9.47 Å². The molecule has 1 fully saturated rings. The Hall–Kier alpha value is -2.83. The molecule has 144 valence electrons. The van der Waals surface area contributed by atoms with Crippen molar-refractivity contribution in [3.05, 3.63) is 60.7 Å². The zero-order valence-electron chi connectivity index (χ0n) is 16.0. The summed E-state index contributed by atoms with van der Waals surface area (Å²) in [5.41, 5.74) is 0.608. The van der Waals surface area contributed by atoms with E-state index in [2.05, 4.69) is 22.2 Å². The molecule has 1 aromatic heterocycles. The molecule has 2 aromatic carbocycles. The molecule has 6 heteroatoms. The maximum Gasteiger partial charge on any atom is 0.191 e. The molecular weight excluding hydrogens is 354 g/mol. The van der Waals surface area contributed by atoms with E-state index in [-0.39, 0.29) is 12.1 Å². The van der Waals surface area contributed by atoms with E-state index in [9.17, 15) is 4.79 Å². The maximum atomic E-state index is 13.5. The summed E-state index contributed by atoms with van der Waals surface area (Å²) in [6.07, 6.45) is 5.34. The molecule has 2 heterocycles. The summed E-state index contributed by atoms with van der Waals surface area (Å²) in [6.45, 7) is 4.49. The number of carbonyl (C=O) groups is 1. The van der Waals surface area contributed by atoms with Crippen LogP contribution in [0.2, 0.25) is 0 Å². The monoisotopic (exact) mass is 377 g/mol. The van der Waals surface area contributed by atoms with Crippen LogP contribution in [-0.4, -0.2) is 40.1 Å². The van der Waals surface area contributed by atoms with Crippen LogP contribution in [0.15, 0.2) is 55.1 Å². The SMILES string of the molecule is CCC1OCC(C)(C(=O)C(=Cc2cccc3ccccc23)n2cncn2)CO1. The van der Waals surface area contributed by atoms with Gasteiger partial charge in [0.15, 0.2) is 12.1 Å². The first kappa shape index (κ1) is 18.5. The van der Waals surface area contributed by atoms with Gasteiger partial charge in [-0.1, -0.05) is 49.4 Å². The number of Topliss-reactive ketones (excluding diaryl/α,β-unsaturated/α-hetero) is 1. The Kier molecular flexibility index (Phi) is 5.07. The topological polar surface area (TPSA) is 66.2 Å². The molecule has 28 heavy (non-hydrogen) atoms. The number of hydrogen-bond donors (Lipinski definition) is 0. The van der Waals surface area contributed by atoms with Crippen molar-refractivity contribution in [1.82, 2.24) is 14.8 Å². The van der Waals surface area contributed by atoms with E-state index in [0.717, 1.165) is 22.8 Å². The van der Waals surface area contributed by atoms with Gasteiger partial charge in [0.05, 0.1) is 18.6 Å². The lowest BCUT2D eigenvalue weighted by Crippen LogP contribution is -2.45. The highest BCUT2D eigenvalue weighted by Gasteiger charge is 2.41. The van der Waals surface area contributed by atoms with Gasteiger partial charge in [0.25, 0.3) is 0 Å². The minimum atomic E-state index is -0.784. The first-order valence-corrected chi connectivity index (χ1v) is 9.43. The molecule has 3 aromatic rings. The number of rotatable bonds is 5. The van der Waals surface area contributed by atoms with E-state index < -0.39 is 5.41 Å². The van der Waals surface area contributed by atoms with Crippen LogP contribution in [0.1, 0.15) is 25.8 Å². The molecule has 0 radical (unpaired) electrons. The van der Waals surface area contributed by atoms with Crippen molar-refractivity contribution in [1.29, 1.82) is 0 Å². The van der Waals surface area contributed by atoms with Gasteiger partial charge in [-0.05, 0) is 35.8 Å². The molecule has 4 rings (SSSR count). The lowest BCUT2D eigenvalue weighted by atomic mass is 9.84. The Labute approximate surface area is 163 Å². The summed E-state index contributed by atoms with van der Waals surface area (Å²) in [4.78, 5) is 17.6. The highest BCUT2D eigenvalue weighted by molar-refractivity contribution is 6.22. The Morgan fingerprint density at radius 2 is 1.96 bits per heavy atom. The average molecular weight is 377 g/mol. The van der Waals surface area contributed by atoms with Gasteiger partial charge in [0.1, 0.15) is 18.4 Å². The van der Waals surface area contributed by atoms with E-state index in [4.69, 9.17) is 9.47 Å². The molecule has 0 atom stereocenters. The molecule has 0 amide bonds. The van der Waals surface area contributed by atoms with Gasteiger partial charge in [-0.25, -0.2) is 9.67 Å². The van der Waals surface area contributed by atoms with Gasteiger partial charge in [0, 0.05) is 0 Å². The second-order valence-electron chi connectivity index (χ2n) is 7.29. The molecule has 0 unspecified atom stereocenters. The molecule has 6 nitrogen and oxygen atoms in total. The second kappa shape index (κ2) is 7.66. The van der Waals surface area contributed by atoms with Crippen LogP contribution < -0.4 is 0 Å². The first-order chi connectivity index (χ1) is 13.6. The minimum absolute atomic E-state index is 0.0829. The maximum absolute atomic E-state index is 13.5. The largest absolute Gasteiger partial charge is 0.352 e. The summed E-state index contributed by atoms with van der Waals surface area (Å²) < 4.78 is 13.0. The van der Waals surface area contributed by atoms with Gasteiger partial charge >= 0.3 is 0 Å². The minimum Gasteiger partial charge on any atom is -0.352 e. The predicted molar refractivity (Wildman–Crippen MR) is 107 cm³/mol. The number of ketones is 1. The fourth-order valence-electron chi connectivity index (χ4n) is 3.41. The van der Waals surface area contributed by atoms with Crippen LogP contribution in [0, 0.1) is 5.41 Å². The molecule has 0 bridgehead atoms.